The molecule has 0 fully saturated rings. The number of carbonyl (C=O) groups is 1. The molecule has 0 aliphatic carbocycles. The number of nitrogens with one attached hydrogen (secondary N) is 1. The number of sulfonamides is 1. The Bertz CT molecular complexity index is 1220. The average Bonchev–Trinajstić information content (AvgIpc) is 2.79. The third kappa shape index (κ3) is 5.93. The number of anilines is 1. The van der Waals surface area contributed by atoms with Gasteiger partial charge in [-0.1, -0.05) is 48.0 Å². The van der Waals surface area contributed by atoms with Crippen molar-refractivity contribution in [3.05, 3.63) is 89.0 Å². The number of benzene rings is 3. The smallest absolute Gasteiger partial charge is 0.264 e. The minimum absolute atomic E-state index is 0.136. The van der Waals surface area contributed by atoms with Crippen molar-refractivity contribution in [1.82, 2.24) is 5.32 Å². The lowest BCUT2D eigenvalue weighted by Gasteiger charge is -2.26. The van der Waals surface area contributed by atoms with E-state index in [0.717, 1.165) is 28.0 Å². The van der Waals surface area contributed by atoms with E-state index in [2.05, 4.69) is 5.32 Å². The third-order valence-electron chi connectivity index (χ3n) is 5.48. The zero-order valence-electron chi connectivity index (χ0n) is 19.5. The molecule has 0 radical (unpaired) electrons. The van der Waals surface area contributed by atoms with E-state index in [-0.39, 0.29) is 24.6 Å². The predicted octanol–water partition coefficient (Wildman–Crippen LogP) is 4.31. The quantitative estimate of drug-likeness (QED) is 0.477. The van der Waals surface area contributed by atoms with Crippen LogP contribution in [-0.4, -0.2) is 34.0 Å². The highest BCUT2D eigenvalue weighted by Crippen LogP contribution is 2.28. The summed E-state index contributed by atoms with van der Waals surface area (Å²) >= 11 is 0. The molecule has 0 bridgehead atoms. The summed E-state index contributed by atoms with van der Waals surface area (Å²) in [6.07, 6.45) is 0. The maximum atomic E-state index is 13.4. The first-order chi connectivity index (χ1) is 15.7. The molecule has 33 heavy (non-hydrogen) atoms. The molecule has 0 atom stereocenters. The highest BCUT2D eigenvalue weighted by atomic mass is 32.2. The molecule has 0 aliphatic rings. The van der Waals surface area contributed by atoms with Gasteiger partial charge in [-0.25, -0.2) is 8.42 Å². The number of nitrogens with zero attached hydrogens (tertiary/aromatic N) is 1. The Morgan fingerprint density at radius 2 is 1.64 bits per heavy atom. The first-order valence-electron chi connectivity index (χ1n) is 10.8. The number of amides is 1. The summed E-state index contributed by atoms with van der Waals surface area (Å²) in [4.78, 5) is 12.9. The van der Waals surface area contributed by atoms with Crippen molar-refractivity contribution in [2.75, 3.05) is 24.0 Å². The summed E-state index contributed by atoms with van der Waals surface area (Å²) in [5.41, 5.74) is 4.42. The zero-order chi connectivity index (χ0) is 24.0. The SMILES string of the molecule is Cc1ccc(OCCNC(=O)CN(c2cccc(C)c2C)S(=O)(=O)c2ccccc2)c(C)c1. The molecule has 3 aromatic rings. The van der Waals surface area contributed by atoms with Crippen LogP contribution in [0.25, 0.3) is 0 Å². The second-order valence-corrected chi connectivity index (χ2v) is 9.87. The lowest BCUT2D eigenvalue weighted by Crippen LogP contribution is -2.42. The van der Waals surface area contributed by atoms with E-state index in [1.54, 1.807) is 30.3 Å². The van der Waals surface area contributed by atoms with Gasteiger partial charge in [-0.3, -0.25) is 9.10 Å². The van der Waals surface area contributed by atoms with Crippen molar-refractivity contribution in [1.29, 1.82) is 0 Å². The monoisotopic (exact) mass is 466 g/mol. The van der Waals surface area contributed by atoms with E-state index in [1.807, 2.05) is 52.0 Å². The van der Waals surface area contributed by atoms with Crippen molar-refractivity contribution in [3.8, 4) is 5.75 Å². The molecule has 174 valence electrons. The lowest BCUT2D eigenvalue weighted by atomic mass is 10.1. The summed E-state index contributed by atoms with van der Waals surface area (Å²) < 4.78 is 33.8. The molecule has 3 rings (SSSR count). The van der Waals surface area contributed by atoms with Gasteiger partial charge in [-0.15, -0.1) is 0 Å². The minimum atomic E-state index is -3.93. The van der Waals surface area contributed by atoms with Crippen LogP contribution in [0.3, 0.4) is 0 Å². The van der Waals surface area contributed by atoms with Crippen LogP contribution in [0.5, 0.6) is 5.75 Å². The molecule has 0 unspecified atom stereocenters. The van der Waals surface area contributed by atoms with E-state index >= 15 is 0 Å². The Labute approximate surface area is 196 Å². The van der Waals surface area contributed by atoms with E-state index in [9.17, 15) is 13.2 Å². The molecule has 6 nitrogen and oxygen atoms in total. The topological polar surface area (TPSA) is 75.7 Å². The molecule has 3 aromatic carbocycles. The number of carbonyl (C=O) groups excluding carboxylic acids is 1. The number of hydrogen-bond acceptors (Lipinski definition) is 4. The number of hydrogen-bond donors (Lipinski definition) is 1. The van der Waals surface area contributed by atoms with Crippen molar-refractivity contribution >= 4 is 21.6 Å². The fourth-order valence-corrected chi connectivity index (χ4v) is 5.02. The van der Waals surface area contributed by atoms with Gasteiger partial charge in [0.2, 0.25) is 5.91 Å². The number of rotatable bonds is 9. The van der Waals surface area contributed by atoms with Crippen molar-refractivity contribution in [3.63, 3.8) is 0 Å². The second kappa shape index (κ2) is 10.5. The van der Waals surface area contributed by atoms with E-state index in [1.165, 1.54) is 16.4 Å². The number of ether oxygens (including phenoxy) is 1. The summed E-state index contributed by atoms with van der Waals surface area (Å²) in [6, 6.07) is 19.5. The second-order valence-electron chi connectivity index (χ2n) is 8.01. The van der Waals surface area contributed by atoms with Crippen LogP contribution in [0.4, 0.5) is 5.69 Å². The Kier molecular flexibility index (Phi) is 7.76. The Morgan fingerprint density at radius 3 is 2.33 bits per heavy atom. The van der Waals surface area contributed by atoms with Gasteiger partial charge in [0.15, 0.2) is 0 Å². The summed E-state index contributed by atoms with van der Waals surface area (Å²) in [5.74, 6) is 0.359. The molecule has 0 spiro atoms. The molecular weight excluding hydrogens is 436 g/mol. The molecule has 1 amide bonds. The van der Waals surface area contributed by atoms with Crippen LogP contribution in [-0.2, 0) is 14.8 Å². The van der Waals surface area contributed by atoms with E-state index < -0.39 is 15.9 Å². The van der Waals surface area contributed by atoms with Gasteiger partial charge in [-0.2, -0.15) is 0 Å². The summed E-state index contributed by atoms with van der Waals surface area (Å²) in [6.45, 7) is 7.97. The summed E-state index contributed by atoms with van der Waals surface area (Å²) in [5, 5.41) is 2.77. The molecule has 0 saturated heterocycles. The highest BCUT2D eigenvalue weighted by molar-refractivity contribution is 7.92. The molecule has 0 saturated carbocycles. The van der Waals surface area contributed by atoms with Gasteiger partial charge in [0.1, 0.15) is 18.9 Å². The molecular formula is C26H30N2O4S. The average molecular weight is 467 g/mol. The van der Waals surface area contributed by atoms with Crippen LogP contribution < -0.4 is 14.4 Å². The van der Waals surface area contributed by atoms with Crippen LogP contribution >= 0.6 is 0 Å². The van der Waals surface area contributed by atoms with Gasteiger partial charge in [0.05, 0.1) is 17.1 Å². The summed E-state index contributed by atoms with van der Waals surface area (Å²) in [7, 11) is -3.93. The maximum Gasteiger partial charge on any atom is 0.264 e. The van der Waals surface area contributed by atoms with E-state index in [4.69, 9.17) is 4.74 Å². The lowest BCUT2D eigenvalue weighted by molar-refractivity contribution is -0.119. The Hall–Kier alpha value is -3.32. The Morgan fingerprint density at radius 1 is 0.909 bits per heavy atom. The van der Waals surface area contributed by atoms with Gasteiger partial charge < -0.3 is 10.1 Å². The van der Waals surface area contributed by atoms with Crippen LogP contribution in [0.1, 0.15) is 22.3 Å². The van der Waals surface area contributed by atoms with Crippen molar-refractivity contribution in [2.45, 2.75) is 32.6 Å². The molecule has 0 aliphatic heterocycles. The predicted molar refractivity (Wildman–Crippen MR) is 131 cm³/mol. The molecule has 1 N–H and O–H groups in total. The van der Waals surface area contributed by atoms with Crippen LogP contribution in [0, 0.1) is 27.7 Å². The van der Waals surface area contributed by atoms with Crippen LogP contribution in [0.2, 0.25) is 0 Å². The fraction of sp³-hybridized carbons (Fsp3) is 0.269. The van der Waals surface area contributed by atoms with Gasteiger partial charge in [0.25, 0.3) is 10.0 Å². The number of aryl methyl sites for hydroxylation is 3. The fourth-order valence-electron chi connectivity index (χ4n) is 3.52. The first kappa shape index (κ1) is 24.3. The first-order valence-corrected chi connectivity index (χ1v) is 12.2. The van der Waals surface area contributed by atoms with Crippen molar-refractivity contribution in [2.24, 2.45) is 0 Å². The van der Waals surface area contributed by atoms with Gasteiger partial charge in [-0.05, 0) is 68.7 Å². The minimum Gasteiger partial charge on any atom is -0.491 e. The normalized spacial score (nSPS) is 11.2. The molecule has 7 heteroatoms. The van der Waals surface area contributed by atoms with Gasteiger partial charge in [0, 0.05) is 0 Å². The molecule has 0 aromatic heterocycles. The Balaban J connectivity index is 1.73. The van der Waals surface area contributed by atoms with E-state index in [0.29, 0.717) is 5.69 Å². The van der Waals surface area contributed by atoms with Gasteiger partial charge >= 0.3 is 0 Å². The highest BCUT2D eigenvalue weighted by Gasteiger charge is 2.28. The zero-order valence-corrected chi connectivity index (χ0v) is 20.3. The third-order valence-corrected chi connectivity index (χ3v) is 7.25. The van der Waals surface area contributed by atoms with Crippen LogP contribution in [0.15, 0.2) is 71.6 Å². The van der Waals surface area contributed by atoms with Crippen molar-refractivity contribution < 1.29 is 17.9 Å². The largest absolute Gasteiger partial charge is 0.491 e. The molecule has 0 heterocycles. The maximum absolute atomic E-state index is 13.4. The standard InChI is InChI=1S/C26H30N2O4S/c1-19-13-14-25(21(3)17-19)32-16-15-27-26(29)18-28(24-12-8-9-20(2)22(24)4)33(30,31)23-10-6-5-7-11-23/h5-14,17H,15-16,18H2,1-4H3,(H,27,29).